The number of fused-ring (bicyclic) bond motifs is 1. The van der Waals surface area contributed by atoms with Crippen LogP contribution in [0.2, 0.25) is 0 Å². The Hall–Kier alpha value is -2.95. The number of benzene rings is 1. The van der Waals surface area contributed by atoms with E-state index in [4.69, 9.17) is 0 Å². The monoisotopic (exact) mass is 293 g/mol. The van der Waals surface area contributed by atoms with E-state index < -0.39 is 5.91 Å². The lowest BCUT2D eigenvalue weighted by atomic mass is 10.1. The summed E-state index contributed by atoms with van der Waals surface area (Å²) in [5.41, 5.74) is 1.54. The van der Waals surface area contributed by atoms with Gasteiger partial charge >= 0.3 is 0 Å². The summed E-state index contributed by atoms with van der Waals surface area (Å²) in [5.74, 6) is -0.0235. The number of carbonyl (C=O) groups is 1. The zero-order valence-electron chi connectivity index (χ0n) is 12.3. The lowest BCUT2D eigenvalue weighted by Gasteiger charge is -2.09. The number of aryl methyl sites for hydroxylation is 2. The predicted octanol–water partition coefficient (Wildman–Crippen LogP) is 2.49. The molecular formula is C17H15N3O2. The molecule has 1 amide bonds. The van der Waals surface area contributed by atoms with Crippen LogP contribution in [0, 0.1) is 6.92 Å². The molecule has 0 aliphatic rings. The van der Waals surface area contributed by atoms with Crippen molar-refractivity contribution >= 4 is 22.6 Å². The average Bonchev–Trinajstić information content (AvgIpc) is 2.51. The molecule has 0 bridgehead atoms. The summed E-state index contributed by atoms with van der Waals surface area (Å²) in [6.45, 7) is 1.91. The highest BCUT2D eigenvalue weighted by molar-refractivity contribution is 6.05. The van der Waals surface area contributed by atoms with Gasteiger partial charge in [-0.3, -0.25) is 9.59 Å². The Morgan fingerprint density at radius 3 is 2.73 bits per heavy atom. The Morgan fingerprint density at radius 2 is 1.95 bits per heavy atom. The van der Waals surface area contributed by atoms with Gasteiger partial charge in [0.1, 0.15) is 11.4 Å². The van der Waals surface area contributed by atoms with Crippen LogP contribution in [0.1, 0.15) is 15.9 Å². The van der Waals surface area contributed by atoms with Gasteiger partial charge < -0.3 is 9.88 Å². The molecule has 0 saturated carbocycles. The van der Waals surface area contributed by atoms with Gasteiger partial charge in [-0.25, -0.2) is 4.98 Å². The second kappa shape index (κ2) is 5.44. The molecule has 3 rings (SSSR count). The van der Waals surface area contributed by atoms with Gasteiger partial charge in [0, 0.05) is 13.2 Å². The zero-order chi connectivity index (χ0) is 15.7. The normalized spacial score (nSPS) is 10.6. The van der Waals surface area contributed by atoms with Gasteiger partial charge in [-0.1, -0.05) is 18.2 Å². The number of carbonyl (C=O) groups excluding carboxylic acids is 1. The number of pyridine rings is 2. The number of hydrogen-bond acceptors (Lipinski definition) is 3. The highest BCUT2D eigenvalue weighted by Gasteiger charge is 2.14. The van der Waals surface area contributed by atoms with Crippen LogP contribution in [0.15, 0.2) is 53.5 Å². The minimum absolute atomic E-state index is 0.101. The van der Waals surface area contributed by atoms with Crippen molar-refractivity contribution in [3.63, 3.8) is 0 Å². The van der Waals surface area contributed by atoms with E-state index in [1.54, 1.807) is 25.4 Å². The van der Waals surface area contributed by atoms with Crippen LogP contribution >= 0.6 is 0 Å². The molecule has 0 unspecified atom stereocenters. The van der Waals surface area contributed by atoms with Gasteiger partial charge in [0.05, 0.1) is 5.52 Å². The van der Waals surface area contributed by atoms with Gasteiger partial charge in [0.2, 0.25) is 0 Å². The molecule has 22 heavy (non-hydrogen) atoms. The van der Waals surface area contributed by atoms with Crippen molar-refractivity contribution in [2.45, 2.75) is 6.92 Å². The Balaban J connectivity index is 2.04. The van der Waals surface area contributed by atoms with Crippen molar-refractivity contribution in [3.8, 4) is 0 Å². The third kappa shape index (κ3) is 2.48. The third-order valence-electron chi connectivity index (χ3n) is 3.53. The fourth-order valence-electron chi connectivity index (χ4n) is 2.37. The minimum Gasteiger partial charge on any atom is -0.311 e. The summed E-state index contributed by atoms with van der Waals surface area (Å²) in [6.07, 6.45) is 1.61. The summed E-state index contributed by atoms with van der Waals surface area (Å²) in [5, 5.41) is 3.51. The lowest BCUT2D eigenvalue weighted by Crippen LogP contribution is -2.28. The van der Waals surface area contributed by atoms with Crippen LogP contribution in [0.3, 0.4) is 0 Å². The molecule has 5 heteroatoms. The van der Waals surface area contributed by atoms with Crippen molar-refractivity contribution in [1.29, 1.82) is 0 Å². The molecule has 0 fully saturated rings. The van der Waals surface area contributed by atoms with Gasteiger partial charge in [0.25, 0.3) is 11.5 Å². The van der Waals surface area contributed by atoms with E-state index in [-0.39, 0.29) is 11.1 Å². The first-order chi connectivity index (χ1) is 10.6. The molecule has 3 aromatic rings. The molecule has 0 aliphatic heterocycles. The second-order valence-corrected chi connectivity index (χ2v) is 5.15. The number of para-hydroxylation sites is 1. The van der Waals surface area contributed by atoms with E-state index >= 15 is 0 Å². The highest BCUT2D eigenvalue weighted by atomic mass is 16.2. The first kappa shape index (κ1) is 14.0. The number of amides is 1. The summed E-state index contributed by atoms with van der Waals surface area (Å²) in [4.78, 5) is 28.8. The first-order valence-electron chi connectivity index (χ1n) is 6.89. The third-order valence-corrected chi connectivity index (χ3v) is 3.53. The SMILES string of the molecule is Cc1ccnc(NC(=O)c2cc3ccccc3n(C)c2=O)c1. The smallest absolute Gasteiger partial charge is 0.263 e. The first-order valence-corrected chi connectivity index (χ1v) is 6.89. The fraction of sp³-hybridized carbons (Fsp3) is 0.118. The molecule has 0 aliphatic carbocycles. The maximum absolute atomic E-state index is 12.4. The average molecular weight is 293 g/mol. The van der Waals surface area contributed by atoms with Crippen molar-refractivity contribution in [1.82, 2.24) is 9.55 Å². The summed E-state index contributed by atoms with van der Waals surface area (Å²) < 4.78 is 1.48. The molecule has 1 aromatic carbocycles. The Kier molecular flexibility index (Phi) is 3.47. The van der Waals surface area contributed by atoms with Gasteiger partial charge in [-0.05, 0) is 42.1 Å². The van der Waals surface area contributed by atoms with Crippen LogP contribution < -0.4 is 10.9 Å². The minimum atomic E-state index is -0.454. The van der Waals surface area contributed by atoms with Crippen LogP contribution in [0.4, 0.5) is 5.82 Å². The van der Waals surface area contributed by atoms with Crippen molar-refractivity contribution in [2.24, 2.45) is 7.05 Å². The molecule has 0 radical (unpaired) electrons. The highest BCUT2D eigenvalue weighted by Crippen LogP contribution is 2.13. The summed E-state index contributed by atoms with van der Waals surface area (Å²) >= 11 is 0. The number of hydrogen-bond donors (Lipinski definition) is 1. The molecule has 0 atom stereocenters. The molecule has 110 valence electrons. The molecule has 0 spiro atoms. The fourth-order valence-corrected chi connectivity index (χ4v) is 2.37. The van der Waals surface area contributed by atoms with Crippen molar-refractivity contribution < 1.29 is 4.79 Å². The van der Waals surface area contributed by atoms with Gasteiger partial charge in [-0.2, -0.15) is 0 Å². The number of anilines is 1. The van der Waals surface area contributed by atoms with E-state index in [1.807, 2.05) is 37.3 Å². The van der Waals surface area contributed by atoms with E-state index in [2.05, 4.69) is 10.3 Å². The number of rotatable bonds is 2. The maximum Gasteiger partial charge on any atom is 0.263 e. The Labute approximate surface area is 127 Å². The molecule has 5 nitrogen and oxygen atoms in total. The quantitative estimate of drug-likeness (QED) is 0.789. The van der Waals surface area contributed by atoms with Gasteiger partial charge in [0.15, 0.2) is 0 Å². The van der Waals surface area contributed by atoms with E-state index in [0.29, 0.717) is 5.82 Å². The topological polar surface area (TPSA) is 64.0 Å². The Bertz CT molecular complexity index is 929. The van der Waals surface area contributed by atoms with Crippen LogP contribution in [0.5, 0.6) is 0 Å². The van der Waals surface area contributed by atoms with Gasteiger partial charge in [-0.15, -0.1) is 0 Å². The molecule has 2 aromatic heterocycles. The van der Waals surface area contributed by atoms with E-state index in [1.165, 1.54) is 4.57 Å². The largest absolute Gasteiger partial charge is 0.311 e. The molecule has 1 N–H and O–H groups in total. The molecule has 0 saturated heterocycles. The second-order valence-electron chi connectivity index (χ2n) is 5.15. The number of nitrogens with one attached hydrogen (secondary N) is 1. The number of aromatic nitrogens is 2. The lowest BCUT2D eigenvalue weighted by molar-refractivity contribution is 0.102. The van der Waals surface area contributed by atoms with Crippen molar-refractivity contribution in [2.75, 3.05) is 5.32 Å². The molecular weight excluding hydrogens is 278 g/mol. The van der Waals surface area contributed by atoms with E-state index in [9.17, 15) is 9.59 Å². The van der Waals surface area contributed by atoms with Crippen molar-refractivity contribution in [3.05, 3.63) is 70.1 Å². The van der Waals surface area contributed by atoms with Crippen LogP contribution in [-0.2, 0) is 7.05 Å². The molecule has 2 heterocycles. The Morgan fingerprint density at radius 1 is 1.18 bits per heavy atom. The van der Waals surface area contributed by atoms with Crippen LogP contribution in [0.25, 0.3) is 10.9 Å². The summed E-state index contributed by atoms with van der Waals surface area (Å²) in [6, 6.07) is 12.7. The maximum atomic E-state index is 12.4. The standard InChI is InChI=1S/C17H15N3O2/c1-11-7-8-18-15(9-11)19-16(21)13-10-12-5-3-4-6-14(12)20(2)17(13)22/h3-10H,1-2H3,(H,18,19,21). The zero-order valence-corrected chi connectivity index (χ0v) is 12.3. The predicted molar refractivity (Wildman–Crippen MR) is 86.1 cm³/mol. The van der Waals surface area contributed by atoms with E-state index in [0.717, 1.165) is 16.5 Å². The number of nitrogens with zero attached hydrogens (tertiary/aromatic N) is 2. The van der Waals surface area contributed by atoms with Crippen LogP contribution in [-0.4, -0.2) is 15.5 Å². The summed E-state index contributed by atoms with van der Waals surface area (Å²) in [7, 11) is 1.66.